The van der Waals surface area contributed by atoms with Gasteiger partial charge < -0.3 is 14.8 Å². The van der Waals surface area contributed by atoms with Crippen molar-refractivity contribution in [2.24, 2.45) is 0 Å². The van der Waals surface area contributed by atoms with Gasteiger partial charge in [-0.2, -0.15) is 0 Å². The SMILES string of the molecule is CNCCCOc1ccccc1Oc1ccccc1.Cl. The predicted octanol–water partition coefficient (Wildman–Crippen LogP) is 3.89. The van der Waals surface area contributed by atoms with Crippen molar-refractivity contribution in [3.8, 4) is 17.2 Å². The Labute approximate surface area is 126 Å². The van der Waals surface area contributed by atoms with Crippen LogP contribution in [0.2, 0.25) is 0 Å². The average Bonchev–Trinajstić information content (AvgIpc) is 2.46. The lowest BCUT2D eigenvalue weighted by Gasteiger charge is -2.12. The first-order valence-electron chi connectivity index (χ1n) is 6.49. The van der Waals surface area contributed by atoms with Crippen molar-refractivity contribution >= 4 is 12.4 Å². The van der Waals surface area contributed by atoms with Gasteiger partial charge in [0.15, 0.2) is 11.5 Å². The highest BCUT2D eigenvalue weighted by atomic mass is 35.5. The molecule has 0 heterocycles. The maximum Gasteiger partial charge on any atom is 0.169 e. The standard InChI is InChI=1S/C16H19NO2.ClH/c1-17-12-7-13-18-15-10-5-6-11-16(15)19-14-8-3-2-4-9-14;/h2-6,8-11,17H,7,12-13H2,1H3;1H. The number of hydrogen-bond acceptors (Lipinski definition) is 3. The molecule has 0 atom stereocenters. The largest absolute Gasteiger partial charge is 0.490 e. The van der Waals surface area contributed by atoms with Crippen molar-refractivity contribution in [2.75, 3.05) is 20.2 Å². The van der Waals surface area contributed by atoms with Gasteiger partial charge in [-0.05, 0) is 44.3 Å². The van der Waals surface area contributed by atoms with Crippen molar-refractivity contribution in [1.82, 2.24) is 5.32 Å². The Morgan fingerprint density at radius 2 is 1.55 bits per heavy atom. The van der Waals surface area contributed by atoms with Crippen molar-refractivity contribution in [3.05, 3.63) is 54.6 Å². The van der Waals surface area contributed by atoms with Crippen LogP contribution in [0, 0.1) is 0 Å². The third kappa shape index (κ3) is 5.11. The zero-order valence-electron chi connectivity index (χ0n) is 11.5. The average molecular weight is 294 g/mol. The Hall–Kier alpha value is -1.71. The van der Waals surface area contributed by atoms with Crippen molar-refractivity contribution < 1.29 is 9.47 Å². The summed E-state index contributed by atoms with van der Waals surface area (Å²) in [6, 6.07) is 17.5. The summed E-state index contributed by atoms with van der Waals surface area (Å²) in [5.41, 5.74) is 0. The van der Waals surface area contributed by atoms with E-state index in [4.69, 9.17) is 9.47 Å². The molecule has 0 saturated heterocycles. The van der Waals surface area contributed by atoms with Gasteiger partial charge in [0.2, 0.25) is 0 Å². The molecule has 2 rings (SSSR count). The molecule has 0 radical (unpaired) electrons. The minimum Gasteiger partial charge on any atom is -0.490 e. The highest BCUT2D eigenvalue weighted by molar-refractivity contribution is 5.85. The lowest BCUT2D eigenvalue weighted by atomic mass is 10.3. The molecule has 0 unspecified atom stereocenters. The van der Waals surface area contributed by atoms with Crippen molar-refractivity contribution in [2.45, 2.75) is 6.42 Å². The molecule has 2 aromatic carbocycles. The van der Waals surface area contributed by atoms with E-state index < -0.39 is 0 Å². The van der Waals surface area contributed by atoms with Crippen LogP contribution in [0.4, 0.5) is 0 Å². The van der Waals surface area contributed by atoms with Crippen LogP contribution in [0.1, 0.15) is 6.42 Å². The summed E-state index contributed by atoms with van der Waals surface area (Å²) >= 11 is 0. The molecule has 0 aliphatic carbocycles. The minimum atomic E-state index is 0. The highest BCUT2D eigenvalue weighted by Crippen LogP contribution is 2.30. The number of hydrogen-bond donors (Lipinski definition) is 1. The normalized spacial score (nSPS) is 9.65. The zero-order chi connectivity index (χ0) is 13.3. The van der Waals surface area contributed by atoms with Gasteiger partial charge in [0.25, 0.3) is 0 Å². The van der Waals surface area contributed by atoms with Crippen LogP contribution in [0.3, 0.4) is 0 Å². The maximum absolute atomic E-state index is 5.83. The minimum absolute atomic E-state index is 0. The lowest BCUT2D eigenvalue weighted by molar-refractivity contribution is 0.296. The zero-order valence-corrected chi connectivity index (χ0v) is 12.4. The van der Waals surface area contributed by atoms with E-state index in [1.807, 2.05) is 61.6 Å². The van der Waals surface area contributed by atoms with Gasteiger partial charge in [0.1, 0.15) is 5.75 Å². The van der Waals surface area contributed by atoms with E-state index in [1.54, 1.807) is 0 Å². The molecule has 0 saturated carbocycles. The predicted molar refractivity (Wildman–Crippen MR) is 84.2 cm³/mol. The van der Waals surface area contributed by atoms with E-state index in [2.05, 4.69) is 5.32 Å². The summed E-state index contributed by atoms with van der Waals surface area (Å²) in [6.07, 6.45) is 0.968. The third-order valence-electron chi connectivity index (χ3n) is 2.65. The summed E-state index contributed by atoms with van der Waals surface area (Å²) in [5.74, 6) is 2.34. The molecule has 0 aliphatic heterocycles. The van der Waals surface area contributed by atoms with E-state index in [0.717, 1.165) is 30.2 Å². The van der Waals surface area contributed by atoms with Crippen molar-refractivity contribution in [1.29, 1.82) is 0 Å². The van der Waals surface area contributed by atoms with Gasteiger partial charge in [-0.3, -0.25) is 0 Å². The molecule has 0 bridgehead atoms. The van der Waals surface area contributed by atoms with Gasteiger partial charge in [-0.1, -0.05) is 30.3 Å². The molecule has 0 aromatic heterocycles. The van der Waals surface area contributed by atoms with Gasteiger partial charge in [0.05, 0.1) is 6.61 Å². The second-order valence-electron chi connectivity index (χ2n) is 4.17. The first kappa shape index (κ1) is 16.3. The Morgan fingerprint density at radius 1 is 0.900 bits per heavy atom. The summed E-state index contributed by atoms with van der Waals surface area (Å²) in [7, 11) is 1.94. The molecule has 4 heteroatoms. The summed E-state index contributed by atoms with van der Waals surface area (Å²) in [5, 5.41) is 3.10. The Balaban J connectivity index is 0.00000200. The topological polar surface area (TPSA) is 30.5 Å². The smallest absolute Gasteiger partial charge is 0.169 e. The van der Waals surface area contributed by atoms with Gasteiger partial charge in [0, 0.05) is 0 Å². The Kier molecular flexibility index (Phi) is 7.55. The second-order valence-corrected chi connectivity index (χ2v) is 4.17. The maximum atomic E-state index is 5.83. The molecule has 1 N–H and O–H groups in total. The van der Waals surface area contributed by atoms with Gasteiger partial charge >= 0.3 is 0 Å². The fourth-order valence-corrected chi connectivity index (χ4v) is 1.70. The molecular weight excluding hydrogens is 274 g/mol. The number of ether oxygens (including phenoxy) is 2. The van der Waals surface area contributed by atoms with Crippen LogP contribution in [0.5, 0.6) is 17.2 Å². The quantitative estimate of drug-likeness (QED) is 0.786. The number of benzene rings is 2. The van der Waals surface area contributed by atoms with E-state index in [1.165, 1.54) is 0 Å². The molecule has 0 amide bonds. The van der Waals surface area contributed by atoms with E-state index >= 15 is 0 Å². The summed E-state index contributed by atoms with van der Waals surface area (Å²) in [6.45, 7) is 1.62. The van der Waals surface area contributed by atoms with Crippen LogP contribution in [0.25, 0.3) is 0 Å². The first-order valence-corrected chi connectivity index (χ1v) is 6.49. The summed E-state index contributed by atoms with van der Waals surface area (Å²) < 4.78 is 11.6. The first-order chi connectivity index (χ1) is 9.40. The molecule has 0 fully saturated rings. The van der Waals surface area contributed by atoms with Gasteiger partial charge in [-0.15, -0.1) is 12.4 Å². The molecule has 3 nitrogen and oxygen atoms in total. The van der Waals surface area contributed by atoms with E-state index in [-0.39, 0.29) is 12.4 Å². The molecule has 108 valence electrons. The highest BCUT2D eigenvalue weighted by Gasteiger charge is 2.04. The number of para-hydroxylation sites is 3. The fourth-order valence-electron chi connectivity index (χ4n) is 1.70. The Bertz CT molecular complexity index is 491. The molecule has 2 aromatic rings. The lowest BCUT2D eigenvalue weighted by Crippen LogP contribution is -2.11. The monoisotopic (exact) mass is 293 g/mol. The second kappa shape index (κ2) is 9.23. The number of nitrogens with one attached hydrogen (secondary N) is 1. The van der Waals surface area contributed by atoms with Crippen LogP contribution >= 0.6 is 12.4 Å². The van der Waals surface area contributed by atoms with Crippen molar-refractivity contribution in [3.63, 3.8) is 0 Å². The Morgan fingerprint density at radius 3 is 2.25 bits per heavy atom. The molecule has 20 heavy (non-hydrogen) atoms. The van der Waals surface area contributed by atoms with Crippen LogP contribution in [-0.4, -0.2) is 20.2 Å². The number of rotatable bonds is 7. The fraction of sp³-hybridized carbons (Fsp3) is 0.250. The van der Waals surface area contributed by atoms with E-state index in [9.17, 15) is 0 Å². The molecular formula is C16H20ClNO2. The molecule has 0 spiro atoms. The number of halogens is 1. The van der Waals surface area contributed by atoms with E-state index in [0.29, 0.717) is 6.61 Å². The van der Waals surface area contributed by atoms with Crippen LogP contribution in [-0.2, 0) is 0 Å². The van der Waals surface area contributed by atoms with Crippen LogP contribution in [0.15, 0.2) is 54.6 Å². The third-order valence-corrected chi connectivity index (χ3v) is 2.65. The summed E-state index contributed by atoms with van der Waals surface area (Å²) in [4.78, 5) is 0. The van der Waals surface area contributed by atoms with Gasteiger partial charge in [-0.25, -0.2) is 0 Å². The molecule has 0 aliphatic rings. The van der Waals surface area contributed by atoms with Crippen LogP contribution < -0.4 is 14.8 Å².